The van der Waals surface area contributed by atoms with Crippen molar-refractivity contribution in [2.75, 3.05) is 46.5 Å². The van der Waals surface area contributed by atoms with E-state index in [1.54, 1.807) is 56.5 Å². The van der Waals surface area contributed by atoms with Crippen LogP contribution in [0.1, 0.15) is 33.3 Å². The molecule has 1 aliphatic rings. The summed E-state index contributed by atoms with van der Waals surface area (Å²) in [6, 6.07) is 34.1. The van der Waals surface area contributed by atoms with Crippen molar-refractivity contribution in [2.24, 2.45) is 0 Å². The average Bonchev–Trinajstić information content (AvgIpc) is 3.82. The van der Waals surface area contributed by atoms with Crippen LogP contribution in [0.15, 0.2) is 122 Å². The van der Waals surface area contributed by atoms with E-state index < -0.39 is 30.1 Å². The van der Waals surface area contributed by atoms with E-state index in [1.165, 1.54) is 6.33 Å². The lowest BCUT2D eigenvalue weighted by molar-refractivity contribution is -0.129. The molecule has 4 atom stereocenters. The molecule has 0 bridgehead atoms. The Balaban J connectivity index is 1.34. The lowest BCUT2D eigenvalue weighted by atomic mass is 9.79. The number of carbonyl (C=O) groups excluding carboxylic acids is 1. The predicted octanol–water partition coefficient (Wildman–Crippen LogP) is 5.39. The van der Waals surface area contributed by atoms with Gasteiger partial charge in [-0.3, -0.25) is 9.36 Å². The number of benzene rings is 4. The summed E-state index contributed by atoms with van der Waals surface area (Å²) >= 11 is 0. The van der Waals surface area contributed by atoms with Gasteiger partial charge in [0.2, 0.25) is 0 Å². The van der Waals surface area contributed by atoms with Crippen LogP contribution in [0.5, 0.6) is 11.5 Å². The lowest BCUT2D eigenvalue weighted by Gasteiger charge is -2.40. The molecule has 2 N–H and O–H groups in total. The maximum Gasteiger partial charge on any atom is 0.256 e. The molecule has 13 nitrogen and oxygen atoms in total. The zero-order chi connectivity index (χ0) is 37.5. The maximum absolute atomic E-state index is 13.1. The summed E-state index contributed by atoms with van der Waals surface area (Å²) in [7, 11) is 4.83. The molecule has 6 aromatic rings. The van der Waals surface area contributed by atoms with Crippen LogP contribution in [0.2, 0.25) is 0 Å². The highest BCUT2D eigenvalue weighted by molar-refractivity contribution is 6.06. The second kappa shape index (κ2) is 16.5. The number of aromatic nitrogens is 4. The van der Waals surface area contributed by atoms with Crippen molar-refractivity contribution in [3.8, 4) is 11.5 Å². The highest BCUT2D eigenvalue weighted by Gasteiger charge is 2.52. The number of hydrogen-bond acceptors (Lipinski definition) is 11. The van der Waals surface area contributed by atoms with E-state index in [9.17, 15) is 9.90 Å². The van der Waals surface area contributed by atoms with Gasteiger partial charge in [-0.25, -0.2) is 15.0 Å². The zero-order valence-electron chi connectivity index (χ0n) is 30.1. The SMILES string of the molecule is COCCOC1[C@@H](OC(c2ccccc2)(c2ccc(OC)cc2)c2ccc(OC)cc2)[C@@H](CO)O[C@H]1n1cnc2c(NC(=O)c3ccccc3)ncnc21. The van der Waals surface area contributed by atoms with Crippen molar-refractivity contribution >= 4 is 22.9 Å². The Kier molecular flexibility index (Phi) is 11.2. The van der Waals surface area contributed by atoms with Crippen molar-refractivity contribution in [3.63, 3.8) is 0 Å². The predicted molar refractivity (Wildman–Crippen MR) is 200 cm³/mol. The number of nitrogens with one attached hydrogen (secondary N) is 1. The molecular weight excluding hydrogens is 690 g/mol. The molecule has 278 valence electrons. The van der Waals surface area contributed by atoms with Gasteiger partial charge in [0.05, 0.1) is 40.4 Å². The fourth-order valence-corrected chi connectivity index (χ4v) is 6.80. The zero-order valence-corrected chi connectivity index (χ0v) is 30.1. The number of methoxy groups -OCH3 is 3. The molecule has 2 aromatic heterocycles. The van der Waals surface area contributed by atoms with E-state index in [0.29, 0.717) is 34.8 Å². The van der Waals surface area contributed by atoms with E-state index in [2.05, 4.69) is 20.3 Å². The second-order valence-corrected chi connectivity index (χ2v) is 12.5. The molecule has 1 saturated heterocycles. The normalized spacial score (nSPS) is 18.4. The molecule has 1 unspecified atom stereocenters. The van der Waals surface area contributed by atoms with Gasteiger partial charge in [-0.05, 0) is 53.1 Å². The van der Waals surface area contributed by atoms with Crippen molar-refractivity contribution in [1.82, 2.24) is 19.5 Å². The number of rotatable bonds is 15. The Bertz CT molecular complexity index is 2080. The maximum atomic E-state index is 13.1. The molecule has 0 aliphatic carbocycles. The average molecular weight is 732 g/mol. The molecule has 1 fully saturated rings. The molecule has 4 aromatic carbocycles. The highest BCUT2D eigenvalue weighted by atomic mass is 16.6. The third-order valence-corrected chi connectivity index (χ3v) is 9.45. The van der Waals surface area contributed by atoms with E-state index in [0.717, 1.165) is 16.7 Å². The highest BCUT2D eigenvalue weighted by Crippen LogP contribution is 2.46. The Morgan fingerprint density at radius 2 is 1.39 bits per heavy atom. The van der Waals surface area contributed by atoms with Gasteiger partial charge in [-0.15, -0.1) is 0 Å². The number of imidazole rings is 1. The van der Waals surface area contributed by atoms with E-state index in [1.807, 2.05) is 84.9 Å². The number of aliphatic hydroxyl groups is 1. The summed E-state index contributed by atoms with van der Waals surface area (Å²) in [6.07, 6.45) is -0.504. The monoisotopic (exact) mass is 731 g/mol. The fraction of sp³-hybridized carbons (Fsp3) is 0.268. The minimum Gasteiger partial charge on any atom is -0.497 e. The first-order chi connectivity index (χ1) is 26.5. The van der Waals surface area contributed by atoms with Crippen LogP contribution in [-0.4, -0.2) is 90.0 Å². The summed E-state index contributed by atoms with van der Waals surface area (Å²) in [4.78, 5) is 26.5. The first-order valence-electron chi connectivity index (χ1n) is 17.4. The van der Waals surface area contributed by atoms with Crippen LogP contribution in [0.3, 0.4) is 0 Å². The number of amides is 1. The minimum atomic E-state index is -1.24. The Labute approximate surface area is 312 Å². The van der Waals surface area contributed by atoms with Gasteiger partial charge < -0.3 is 38.8 Å². The first-order valence-corrected chi connectivity index (χ1v) is 17.4. The van der Waals surface area contributed by atoms with Crippen LogP contribution in [0, 0.1) is 0 Å². The molecule has 0 saturated carbocycles. The molecule has 0 spiro atoms. The van der Waals surface area contributed by atoms with Gasteiger partial charge in [0.15, 0.2) is 23.2 Å². The van der Waals surface area contributed by atoms with Crippen LogP contribution in [-0.2, 0) is 24.5 Å². The Morgan fingerprint density at radius 3 is 1.98 bits per heavy atom. The molecule has 3 heterocycles. The van der Waals surface area contributed by atoms with E-state index >= 15 is 0 Å². The molecule has 54 heavy (non-hydrogen) atoms. The summed E-state index contributed by atoms with van der Waals surface area (Å²) in [5, 5.41) is 13.8. The van der Waals surface area contributed by atoms with Crippen molar-refractivity contribution in [3.05, 3.63) is 144 Å². The number of fused-ring (bicyclic) bond motifs is 1. The van der Waals surface area contributed by atoms with Crippen molar-refractivity contribution in [2.45, 2.75) is 30.1 Å². The number of carbonyl (C=O) groups is 1. The van der Waals surface area contributed by atoms with Gasteiger partial charge in [0.1, 0.15) is 41.7 Å². The summed E-state index contributed by atoms with van der Waals surface area (Å²) < 4.78 is 38.8. The minimum absolute atomic E-state index is 0.197. The molecule has 1 amide bonds. The smallest absolute Gasteiger partial charge is 0.256 e. The van der Waals surface area contributed by atoms with E-state index in [4.69, 9.17) is 28.4 Å². The largest absolute Gasteiger partial charge is 0.497 e. The fourth-order valence-electron chi connectivity index (χ4n) is 6.80. The molecule has 7 rings (SSSR count). The summed E-state index contributed by atoms with van der Waals surface area (Å²) in [6.45, 7) is 0.104. The quantitative estimate of drug-likeness (QED) is 0.103. The molecule has 1 aliphatic heterocycles. The third kappa shape index (κ3) is 7.15. The van der Waals surface area contributed by atoms with Crippen molar-refractivity contribution in [1.29, 1.82) is 0 Å². The number of aliphatic hydroxyl groups excluding tert-OH is 1. The summed E-state index contributed by atoms with van der Waals surface area (Å²) in [5.41, 5.74) is 2.39. The van der Waals surface area contributed by atoms with Crippen LogP contribution < -0.4 is 14.8 Å². The molecule has 0 radical (unpaired) electrons. The van der Waals surface area contributed by atoms with Crippen molar-refractivity contribution < 1.29 is 38.3 Å². The van der Waals surface area contributed by atoms with E-state index in [-0.39, 0.29) is 24.9 Å². The second-order valence-electron chi connectivity index (χ2n) is 12.5. The Morgan fingerprint density at radius 1 is 0.778 bits per heavy atom. The standard InChI is InChI=1S/C41H41N5O8/c1-49-22-23-52-36-35(33(24-47)53-40(36)46-26-44-34-37(42-25-43-38(34)46)45-39(48)27-10-6-4-7-11-27)54-41(28-12-8-5-9-13-28,29-14-18-31(50-2)19-15-29)30-16-20-32(51-3)21-17-30/h4-21,25-26,33,35-36,40,47H,22-24H2,1-3H3,(H,42,43,45,48)/t33-,35+,36?,40-/m1/s1. The van der Waals surface area contributed by atoms with Gasteiger partial charge in [-0.1, -0.05) is 72.8 Å². The van der Waals surface area contributed by atoms with Gasteiger partial charge in [0, 0.05) is 12.7 Å². The topological polar surface area (TPSA) is 148 Å². The number of hydrogen-bond donors (Lipinski definition) is 2. The van der Waals surface area contributed by atoms with Crippen LogP contribution >= 0.6 is 0 Å². The Hall–Kier alpha value is -5.70. The van der Waals surface area contributed by atoms with Crippen LogP contribution in [0.25, 0.3) is 11.2 Å². The summed E-state index contributed by atoms with van der Waals surface area (Å²) in [5.74, 6) is 1.26. The van der Waals surface area contributed by atoms with Gasteiger partial charge >= 0.3 is 0 Å². The number of anilines is 1. The number of nitrogens with zero attached hydrogens (tertiary/aromatic N) is 4. The van der Waals surface area contributed by atoms with Gasteiger partial charge in [0.25, 0.3) is 5.91 Å². The van der Waals surface area contributed by atoms with Crippen LogP contribution in [0.4, 0.5) is 5.82 Å². The molecule has 13 heteroatoms. The van der Waals surface area contributed by atoms with Gasteiger partial charge in [-0.2, -0.15) is 0 Å². The first kappa shape index (κ1) is 36.6. The lowest BCUT2D eigenvalue weighted by Crippen LogP contribution is -2.46. The third-order valence-electron chi connectivity index (χ3n) is 9.45. The molecular formula is C41H41N5O8. The number of ether oxygens (including phenoxy) is 6.